The molecule has 4 aromatic rings. The number of hydrogen-bond donors (Lipinski definition) is 1. The Hall–Kier alpha value is -3.06. The normalized spacial score (nSPS) is 11.5. The number of aromatic nitrogens is 3. The first-order valence-corrected chi connectivity index (χ1v) is 9.39. The van der Waals surface area contributed by atoms with Crippen molar-refractivity contribution in [3.63, 3.8) is 0 Å². The van der Waals surface area contributed by atoms with Crippen molar-refractivity contribution in [3.05, 3.63) is 64.1 Å². The van der Waals surface area contributed by atoms with E-state index in [1.807, 2.05) is 50.2 Å². The minimum absolute atomic E-state index is 0.251. The molecule has 4 rings (SSSR count). The van der Waals surface area contributed by atoms with E-state index >= 15 is 0 Å². The Kier molecular flexibility index (Phi) is 4.24. The van der Waals surface area contributed by atoms with Gasteiger partial charge in [-0.3, -0.25) is 9.59 Å². The van der Waals surface area contributed by atoms with Crippen molar-refractivity contribution in [1.29, 1.82) is 0 Å². The van der Waals surface area contributed by atoms with Gasteiger partial charge in [0.15, 0.2) is 0 Å². The number of carbonyl (C=O) groups is 1. The largest absolute Gasteiger partial charge is 0.481 e. The molecule has 0 bridgehead atoms. The van der Waals surface area contributed by atoms with Crippen LogP contribution in [-0.4, -0.2) is 25.8 Å². The van der Waals surface area contributed by atoms with E-state index in [1.54, 1.807) is 6.07 Å². The lowest BCUT2D eigenvalue weighted by atomic mass is 9.99. The molecule has 0 unspecified atom stereocenters. The Labute approximate surface area is 158 Å². The Balaban J connectivity index is 2.03. The lowest BCUT2D eigenvalue weighted by Crippen LogP contribution is -2.24. The summed E-state index contributed by atoms with van der Waals surface area (Å²) in [4.78, 5) is 29.0. The van der Waals surface area contributed by atoms with Gasteiger partial charge in [-0.1, -0.05) is 49.4 Å². The van der Waals surface area contributed by atoms with Crippen LogP contribution in [0.1, 0.15) is 31.0 Å². The molecule has 0 amide bonds. The first-order chi connectivity index (χ1) is 12.9. The van der Waals surface area contributed by atoms with Gasteiger partial charge in [0.2, 0.25) is 5.13 Å². The molecular formula is C20H17N3O3S. The van der Waals surface area contributed by atoms with Crippen molar-refractivity contribution >= 4 is 38.3 Å². The molecule has 0 aliphatic rings. The molecule has 1 N–H and O–H groups in total. The molecule has 0 spiro atoms. The van der Waals surface area contributed by atoms with Gasteiger partial charge in [-0.05, 0) is 29.7 Å². The fraction of sp³-hybridized carbons (Fsp3) is 0.200. The second-order valence-electron chi connectivity index (χ2n) is 6.66. The van der Waals surface area contributed by atoms with Crippen LogP contribution in [0.5, 0.6) is 0 Å². The van der Waals surface area contributed by atoms with Gasteiger partial charge in [0, 0.05) is 5.39 Å². The van der Waals surface area contributed by atoms with Crippen LogP contribution in [0.15, 0.2) is 47.3 Å². The second kappa shape index (κ2) is 6.59. The first kappa shape index (κ1) is 17.4. The van der Waals surface area contributed by atoms with Crippen LogP contribution in [0.25, 0.3) is 26.1 Å². The van der Waals surface area contributed by atoms with E-state index in [2.05, 4.69) is 10.1 Å². The molecule has 0 saturated carbocycles. The van der Waals surface area contributed by atoms with Gasteiger partial charge in [-0.15, -0.1) is 0 Å². The maximum absolute atomic E-state index is 13.1. The molecule has 2 aromatic carbocycles. The standard InChI is InChI=1S/C20H17N3O3S/c1-11(2)12-7-8-13-14(9-12)19(26)23(22-16(13)10-18(24)25)20-21-15-5-3-4-6-17(15)27-20/h3-9,11H,10H2,1-2H3,(H,24,25). The minimum atomic E-state index is -0.994. The van der Waals surface area contributed by atoms with E-state index in [-0.39, 0.29) is 17.9 Å². The minimum Gasteiger partial charge on any atom is -0.481 e. The summed E-state index contributed by atoms with van der Waals surface area (Å²) in [5.74, 6) is -0.743. The average Bonchev–Trinajstić information content (AvgIpc) is 3.07. The molecule has 0 fully saturated rings. The monoisotopic (exact) mass is 379 g/mol. The van der Waals surface area contributed by atoms with Crippen molar-refractivity contribution in [1.82, 2.24) is 14.8 Å². The zero-order valence-electron chi connectivity index (χ0n) is 14.8. The molecule has 0 radical (unpaired) electrons. The molecule has 0 atom stereocenters. The number of fused-ring (bicyclic) bond motifs is 2. The number of carboxylic acids is 1. The Morgan fingerprint density at radius 3 is 2.67 bits per heavy atom. The topological polar surface area (TPSA) is 85.1 Å². The summed E-state index contributed by atoms with van der Waals surface area (Å²) >= 11 is 1.35. The zero-order chi connectivity index (χ0) is 19.1. The summed E-state index contributed by atoms with van der Waals surface area (Å²) in [5, 5.41) is 15.1. The summed E-state index contributed by atoms with van der Waals surface area (Å²) in [7, 11) is 0. The highest BCUT2D eigenvalue weighted by molar-refractivity contribution is 7.20. The van der Waals surface area contributed by atoms with E-state index in [1.165, 1.54) is 16.0 Å². The summed E-state index contributed by atoms with van der Waals surface area (Å²) in [5.41, 5.74) is 1.86. The molecule has 0 aliphatic heterocycles. The van der Waals surface area contributed by atoms with E-state index < -0.39 is 5.97 Å². The molecular weight excluding hydrogens is 362 g/mol. The summed E-state index contributed by atoms with van der Waals surface area (Å²) in [6.07, 6.45) is -0.261. The highest BCUT2D eigenvalue weighted by Gasteiger charge is 2.17. The molecule has 27 heavy (non-hydrogen) atoms. The SMILES string of the molecule is CC(C)c1ccc2c(CC(=O)O)nn(-c3nc4ccccc4s3)c(=O)c2c1. The van der Waals surface area contributed by atoms with Gasteiger partial charge in [-0.2, -0.15) is 9.78 Å². The van der Waals surface area contributed by atoms with E-state index in [0.29, 0.717) is 21.6 Å². The number of benzene rings is 2. The number of rotatable bonds is 4. The van der Waals surface area contributed by atoms with Crippen LogP contribution in [0.4, 0.5) is 0 Å². The Morgan fingerprint density at radius 1 is 1.19 bits per heavy atom. The lowest BCUT2D eigenvalue weighted by Gasteiger charge is -2.11. The number of aliphatic carboxylic acids is 1. The fourth-order valence-corrected chi connectivity index (χ4v) is 3.95. The van der Waals surface area contributed by atoms with Crippen molar-refractivity contribution in [2.24, 2.45) is 0 Å². The van der Waals surface area contributed by atoms with Gasteiger partial charge in [0.1, 0.15) is 0 Å². The molecule has 2 aromatic heterocycles. The Morgan fingerprint density at radius 2 is 1.96 bits per heavy atom. The first-order valence-electron chi connectivity index (χ1n) is 8.57. The van der Waals surface area contributed by atoms with Crippen LogP contribution in [-0.2, 0) is 11.2 Å². The second-order valence-corrected chi connectivity index (χ2v) is 7.67. The average molecular weight is 379 g/mol. The van der Waals surface area contributed by atoms with Crippen LogP contribution in [0.3, 0.4) is 0 Å². The van der Waals surface area contributed by atoms with Gasteiger partial charge in [0.25, 0.3) is 5.56 Å². The van der Waals surface area contributed by atoms with Gasteiger partial charge >= 0.3 is 5.97 Å². The van der Waals surface area contributed by atoms with Gasteiger partial charge < -0.3 is 5.11 Å². The van der Waals surface area contributed by atoms with Gasteiger partial charge in [0.05, 0.1) is 27.7 Å². The van der Waals surface area contributed by atoms with Crippen LogP contribution in [0, 0.1) is 0 Å². The van der Waals surface area contributed by atoms with E-state index in [0.717, 1.165) is 15.8 Å². The predicted octanol–water partition coefficient (Wildman–Crippen LogP) is 3.75. The van der Waals surface area contributed by atoms with Crippen LogP contribution >= 0.6 is 11.3 Å². The van der Waals surface area contributed by atoms with E-state index in [9.17, 15) is 14.7 Å². The van der Waals surface area contributed by atoms with Crippen molar-refractivity contribution < 1.29 is 9.90 Å². The maximum atomic E-state index is 13.1. The third-order valence-corrected chi connectivity index (χ3v) is 5.46. The summed E-state index contributed by atoms with van der Waals surface area (Å²) in [6.45, 7) is 4.10. The molecule has 0 aliphatic carbocycles. The molecule has 0 saturated heterocycles. The summed E-state index contributed by atoms with van der Waals surface area (Å²) in [6, 6.07) is 13.1. The van der Waals surface area contributed by atoms with Crippen molar-refractivity contribution in [3.8, 4) is 5.13 Å². The smallest absolute Gasteiger partial charge is 0.309 e. The van der Waals surface area contributed by atoms with Gasteiger partial charge in [-0.25, -0.2) is 4.98 Å². The predicted molar refractivity (Wildman–Crippen MR) is 106 cm³/mol. The Bertz CT molecular complexity index is 1210. The van der Waals surface area contributed by atoms with Crippen LogP contribution < -0.4 is 5.56 Å². The number of thiazole rings is 1. The zero-order valence-corrected chi connectivity index (χ0v) is 15.7. The highest BCUT2D eigenvalue weighted by Crippen LogP contribution is 2.25. The third-order valence-electron chi connectivity index (χ3n) is 4.45. The number of carboxylic acid groups (broad SMARTS) is 1. The molecule has 2 heterocycles. The number of para-hydroxylation sites is 1. The lowest BCUT2D eigenvalue weighted by molar-refractivity contribution is -0.136. The van der Waals surface area contributed by atoms with Crippen molar-refractivity contribution in [2.75, 3.05) is 0 Å². The molecule has 7 heteroatoms. The maximum Gasteiger partial charge on any atom is 0.309 e. The fourth-order valence-electron chi connectivity index (χ4n) is 3.04. The van der Waals surface area contributed by atoms with Crippen LogP contribution in [0.2, 0.25) is 0 Å². The number of nitrogens with zero attached hydrogens (tertiary/aromatic N) is 3. The van der Waals surface area contributed by atoms with Crippen molar-refractivity contribution in [2.45, 2.75) is 26.2 Å². The quantitative estimate of drug-likeness (QED) is 0.584. The molecule has 136 valence electrons. The highest BCUT2D eigenvalue weighted by atomic mass is 32.1. The summed E-state index contributed by atoms with van der Waals surface area (Å²) < 4.78 is 2.17. The van der Waals surface area contributed by atoms with E-state index in [4.69, 9.17) is 0 Å². The third kappa shape index (κ3) is 3.10. The molecule has 6 nitrogen and oxygen atoms in total. The number of hydrogen-bond acceptors (Lipinski definition) is 5.